The lowest BCUT2D eigenvalue weighted by atomic mass is 10.1. The quantitative estimate of drug-likeness (QED) is 0.890. The minimum atomic E-state index is -4.37. The fraction of sp³-hybridized carbons (Fsp3) is 0.538. The number of rotatable bonds is 2. The summed E-state index contributed by atoms with van der Waals surface area (Å²) in [6, 6.07) is 4.16. The Morgan fingerprint density at radius 3 is 2.53 bits per heavy atom. The molecule has 6 heteroatoms. The van der Waals surface area contributed by atoms with Gasteiger partial charge in [0.1, 0.15) is 0 Å². The van der Waals surface area contributed by atoms with E-state index in [9.17, 15) is 13.2 Å². The minimum absolute atomic E-state index is 0.0942. The number of alkyl halides is 3. The van der Waals surface area contributed by atoms with Gasteiger partial charge in [-0.1, -0.05) is 11.6 Å². The predicted molar refractivity (Wildman–Crippen MR) is 70.6 cm³/mol. The molecule has 1 heterocycles. The van der Waals surface area contributed by atoms with Crippen molar-refractivity contribution in [3.8, 4) is 0 Å². The van der Waals surface area contributed by atoms with Gasteiger partial charge >= 0.3 is 6.18 Å². The van der Waals surface area contributed by atoms with Crippen LogP contribution in [0.15, 0.2) is 18.2 Å². The maximum atomic E-state index is 12.7. The minimum Gasteiger partial charge on any atom is -0.381 e. The van der Waals surface area contributed by atoms with Gasteiger partial charge in [0.25, 0.3) is 0 Å². The third-order valence-corrected chi connectivity index (χ3v) is 3.70. The fourth-order valence-electron chi connectivity index (χ4n) is 2.37. The van der Waals surface area contributed by atoms with E-state index in [0.717, 1.165) is 25.1 Å². The third kappa shape index (κ3) is 3.54. The molecule has 1 aromatic carbocycles. The van der Waals surface area contributed by atoms with Crippen molar-refractivity contribution in [2.75, 3.05) is 18.9 Å². The van der Waals surface area contributed by atoms with E-state index in [1.165, 1.54) is 6.07 Å². The number of nitrogens with zero attached hydrogens (tertiary/aromatic N) is 1. The van der Waals surface area contributed by atoms with Crippen LogP contribution in [-0.4, -0.2) is 30.6 Å². The van der Waals surface area contributed by atoms with E-state index in [4.69, 9.17) is 11.6 Å². The highest BCUT2D eigenvalue weighted by Crippen LogP contribution is 2.33. The normalized spacial score (nSPS) is 24.7. The van der Waals surface area contributed by atoms with Gasteiger partial charge in [-0.05, 0) is 38.6 Å². The van der Waals surface area contributed by atoms with Crippen molar-refractivity contribution in [2.45, 2.75) is 31.6 Å². The lowest BCUT2D eigenvalue weighted by molar-refractivity contribution is -0.137. The summed E-state index contributed by atoms with van der Waals surface area (Å²) in [6.45, 7) is 2.91. The van der Waals surface area contributed by atoms with Gasteiger partial charge in [-0.3, -0.25) is 0 Å². The predicted octanol–water partition coefficient (Wildman–Crippen LogP) is 3.86. The van der Waals surface area contributed by atoms with Crippen LogP contribution in [0.4, 0.5) is 18.9 Å². The Hall–Kier alpha value is -0.940. The van der Waals surface area contributed by atoms with Gasteiger partial charge in [0.2, 0.25) is 0 Å². The number of nitrogens with one attached hydrogen (secondary N) is 1. The molecule has 2 rings (SSSR count). The molecular weight excluding hydrogens is 277 g/mol. The first kappa shape index (κ1) is 14.5. The first-order chi connectivity index (χ1) is 8.75. The Kier molecular flexibility index (Phi) is 3.97. The Balaban J connectivity index is 2.15. The molecule has 1 aliphatic heterocycles. The van der Waals surface area contributed by atoms with E-state index < -0.39 is 11.7 Å². The summed E-state index contributed by atoms with van der Waals surface area (Å²) in [5, 5.41) is 3.22. The van der Waals surface area contributed by atoms with Gasteiger partial charge in [0.15, 0.2) is 0 Å². The molecule has 0 bridgehead atoms. The van der Waals surface area contributed by atoms with Crippen LogP contribution in [0.25, 0.3) is 0 Å². The van der Waals surface area contributed by atoms with Crippen LogP contribution in [-0.2, 0) is 6.18 Å². The van der Waals surface area contributed by atoms with Crippen molar-refractivity contribution >= 4 is 17.3 Å². The monoisotopic (exact) mass is 292 g/mol. The first-order valence-electron chi connectivity index (χ1n) is 6.10. The third-order valence-electron chi connectivity index (χ3n) is 3.48. The number of likely N-dealkylation sites (N-methyl/N-ethyl adjacent to an activating group) is 1. The smallest absolute Gasteiger partial charge is 0.381 e. The van der Waals surface area contributed by atoms with Gasteiger partial charge in [0, 0.05) is 29.3 Å². The molecule has 19 heavy (non-hydrogen) atoms. The second-order valence-electron chi connectivity index (χ2n) is 5.09. The maximum Gasteiger partial charge on any atom is 0.416 e. The van der Waals surface area contributed by atoms with Crippen molar-refractivity contribution < 1.29 is 13.2 Å². The average Bonchev–Trinajstić information content (AvgIpc) is 2.55. The van der Waals surface area contributed by atoms with Crippen LogP contribution in [0.5, 0.6) is 0 Å². The van der Waals surface area contributed by atoms with Crippen LogP contribution in [0, 0.1) is 0 Å². The molecule has 2 nitrogen and oxygen atoms in total. The molecule has 1 aliphatic rings. The van der Waals surface area contributed by atoms with Crippen molar-refractivity contribution in [1.82, 2.24) is 4.90 Å². The summed E-state index contributed by atoms with van der Waals surface area (Å²) in [6.07, 6.45) is -3.47. The molecule has 0 spiro atoms. The molecule has 0 aliphatic carbocycles. The van der Waals surface area contributed by atoms with Gasteiger partial charge in [-0.2, -0.15) is 13.2 Å². The molecule has 0 amide bonds. The lowest BCUT2D eigenvalue weighted by Crippen LogP contribution is -2.25. The summed E-state index contributed by atoms with van der Waals surface area (Å²) in [5.74, 6) is 0. The zero-order valence-electron chi connectivity index (χ0n) is 10.8. The molecule has 0 aromatic heterocycles. The fourth-order valence-corrected chi connectivity index (χ4v) is 2.61. The Morgan fingerprint density at radius 1 is 1.32 bits per heavy atom. The lowest BCUT2D eigenvalue weighted by Gasteiger charge is -2.16. The van der Waals surface area contributed by atoms with Gasteiger partial charge in [-0.25, -0.2) is 0 Å². The van der Waals surface area contributed by atoms with Crippen LogP contribution in [0.2, 0.25) is 5.02 Å². The molecule has 0 radical (unpaired) electrons. The van der Waals surface area contributed by atoms with Crippen LogP contribution < -0.4 is 5.32 Å². The SMILES string of the molecule is CC1CC(Nc2cc(Cl)cc(C(F)(F)F)c2)CN1C. The van der Waals surface area contributed by atoms with Crippen LogP contribution in [0.3, 0.4) is 0 Å². The van der Waals surface area contributed by atoms with Crippen molar-refractivity contribution in [3.05, 3.63) is 28.8 Å². The van der Waals surface area contributed by atoms with Gasteiger partial charge in [0.05, 0.1) is 5.56 Å². The molecule has 2 unspecified atom stereocenters. The Morgan fingerprint density at radius 2 is 2.00 bits per heavy atom. The zero-order chi connectivity index (χ0) is 14.2. The van der Waals surface area contributed by atoms with E-state index in [1.54, 1.807) is 0 Å². The highest BCUT2D eigenvalue weighted by molar-refractivity contribution is 6.30. The number of halogens is 4. The molecule has 1 saturated heterocycles. The van der Waals surface area contributed by atoms with Crippen LogP contribution >= 0.6 is 11.6 Å². The number of likely N-dealkylation sites (tertiary alicyclic amines) is 1. The Labute approximate surface area is 115 Å². The van der Waals surface area contributed by atoms with Crippen LogP contribution in [0.1, 0.15) is 18.9 Å². The second-order valence-corrected chi connectivity index (χ2v) is 5.53. The van der Waals surface area contributed by atoms with Gasteiger partial charge < -0.3 is 10.2 Å². The first-order valence-corrected chi connectivity index (χ1v) is 6.48. The highest BCUT2D eigenvalue weighted by Gasteiger charge is 2.32. The molecule has 1 N–H and O–H groups in total. The van der Waals surface area contributed by atoms with Crippen molar-refractivity contribution in [1.29, 1.82) is 0 Å². The standard InChI is InChI=1S/C13H16ClF3N2/c1-8-3-12(7-19(8)2)18-11-5-9(13(15,16)17)4-10(14)6-11/h4-6,8,12,18H,3,7H2,1-2H3. The summed E-state index contributed by atoms with van der Waals surface area (Å²) >= 11 is 5.75. The molecule has 0 saturated carbocycles. The van der Waals surface area contributed by atoms with Gasteiger partial charge in [-0.15, -0.1) is 0 Å². The molecule has 1 aromatic rings. The number of anilines is 1. The summed E-state index contributed by atoms with van der Waals surface area (Å²) in [7, 11) is 2.01. The van der Waals surface area contributed by atoms with E-state index in [2.05, 4.69) is 17.1 Å². The van der Waals surface area contributed by atoms with E-state index in [-0.39, 0.29) is 11.1 Å². The number of benzene rings is 1. The summed E-state index contributed by atoms with van der Waals surface area (Å²) < 4.78 is 38.1. The van der Waals surface area contributed by atoms with Crippen molar-refractivity contribution in [2.24, 2.45) is 0 Å². The molecule has 1 fully saturated rings. The maximum absolute atomic E-state index is 12.7. The van der Waals surface area contributed by atoms with E-state index in [1.807, 2.05) is 7.05 Å². The zero-order valence-corrected chi connectivity index (χ0v) is 11.5. The second kappa shape index (κ2) is 5.21. The Bertz CT molecular complexity index is 452. The largest absolute Gasteiger partial charge is 0.416 e. The summed E-state index contributed by atoms with van der Waals surface area (Å²) in [5.41, 5.74) is -0.297. The summed E-state index contributed by atoms with van der Waals surface area (Å²) in [4.78, 5) is 2.17. The topological polar surface area (TPSA) is 15.3 Å². The van der Waals surface area contributed by atoms with E-state index in [0.29, 0.717) is 11.7 Å². The highest BCUT2D eigenvalue weighted by atomic mass is 35.5. The van der Waals surface area contributed by atoms with E-state index >= 15 is 0 Å². The molecular formula is C13H16ClF3N2. The number of hydrogen-bond donors (Lipinski definition) is 1. The van der Waals surface area contributed by atoms with Crippen molar-refractivity contribution in [3.63, 3.8) is 0 Å². The molecule has 2 atom stereocenters. The average molecular weight is 293 g/mol. The number of hydrogen-bond acceptors (Lipinski definition) is 2. The molecule has 106 valence electrons.